The van der Waals surface area contributed by atoms with E-state index in [1.165, 1.54) is 13.5 Å². The summed E-state index contributed by atoms with van der Waals surface area (Å²) in [5, 5.41) is 3.06. The van der Waals surface area contributed by atoms with Crippen molar-refractivity contribution in [2.24, 2.45) is 5.92 Å². The third-order valence-corrected chi connectivity index (χ3v) is 3.72. The van der Waals surface area contributed by atoms with Crippen LogP contribution in [0, 0.1) is 5.92 Å². The Morgan fingerprint density at radius 1 is 1.50 bits per heavy atom. The first-order chi connectivity index (χ1) is 8.39. The van der Waals surface area contributed by atoms with Gasteiger partial charge in [-0.2, -0.15) is 0 Å². The fourth-order valence-electron chi connectivity index (χ4n) is 2.01. The summed E-state index contributed by atoms with van der Waals surface area (Å²) in [5.41, 5.74) is -0.564. The molecular formula is C14H30N2O2. The standard InChI is InChI=1S/C14H30N2O2/c1-7-12(2)11-16(5)10-8-9-14(3,15-4)13(17)18-6/h12,15H,7-11H2,1-6H3. The van der Waals surface area contributed by atoms with E-state index < -0.39 is 5.54 Å². The first-order valence-electron chi connectivity index (χ1n) is 6.85. The van der Waals surface area contributed by atoms with Gasteiger partial charge in [-0.05, 0) is 46.3 Å². The van der Waals surface area contributed by atoms with Crippen molar-refractivity contribution in [2.45, 2.75) is 45.6 Å². The molecule has 0 spiro atoms. The summed E-state index contributed by atoms with van der Waals surface area (Å²) >= 11 is 0. The van der Waals surface area contributed by atoms with Gasteiger partial charge in [0.2, 0.25) is 0 Å². The molecule has 18 heavy (non-hydrogen) atoms. The second-order valence-corrected chi connectivity index (χ2v) is 5.45. The molecule has 0 aromatic heterocycles. The van der Waals surface area contributed by atoms with Crippen LogP contribution < -0.4 is 5.32 Å². The van der Waals surface area contributed by atoms with Crippen LogP contribution in [-0.2, 0) is 9.53 Å². The molecule has 4 heteroatoms. The number of rotatable bonds is 9. The largest absolute Gasteiger partial charge is 0.468 e. The fourth-order valence-corrected chi connectivity index (χ4v) is 2.01. The lowest BCUT2D eigenvalue weighted by atomic mass is 9.96. The van der Waals surface area contributed by atoms with Gasteiger partial charge in [0.15, 0.2) is 0 Å². The van der Waals surface area contributed by atoms with Gasteiger partial charge in [-0.15, -0.1) is 0 Å². The van der Waals surface area contributed by atoms with E-state index in [0.29, 0.717) is 0 Å². The van der Waals surface area contributed by atoms with Gasteiger partial charge in [-0.25, -0.2) is 0 Å². The number of methoxy groups -OCH3 is 1. The quantitative estimate of drug-likeness (QED) is 0.641. The lowest BCUT2D eigenvalue weighted by Gasteiger charge is -2.27. The van der Waals surface area contributed by atoms with Crippen LogP contribution in [0.5, 0.6) is 0 Å². The summed E-state index contributed by atoms with van der Waals surface area (Å²) in [6.07, 6.45) is 2.99. The number of nitrogens with zero attached hydrogens (tertiary/aromatic N) is 1. The Labute approximate surface area is 112 Å². The summed E-state index contributed by atoms with van der Waals surface area (Å²) in [6.45, 7) is 8.51. The average Bonchev–Trinajstić information content (AvgIpc) is 2.37. The van der Waals surface area contributed by atoms with Crippen molar-refractivity contribution in [1.29, 1.82) is 0 Å². The second kappa shape index (κ2) is 8.48. The highest BCUT2D eigenvalue weighted by Crippen LogP contribution is 2.14. The lowest BCUT2D eigenvalue weighted by molar-refractivity contribution is -0.148. The summed E-state index contributed by atoms with van der Waals surface area (Å²) in [6, 6.07) is 0. The molecule has 0 amide bonds. The summed E-state index contributed by atoms with van der Waals surface area (Å²) < 4.78 is 4.83. The smallest absolute Gasteiger partial charge is 0.325 e. The van der Waals surface area contributed by atoms with Crippen molar-refractivity contribution >= 4 is 5.97 Å². The minimum Gasteiger partial charge on any atom is -0.468 e. The van der Waals surface area contributed by atoms with E-state index in [1.807, 2.05) is 6.92 Å². The van der Waals surface area contributed by atoms with Gasteiger partial charge in [0.1, 0.15) is 5.54 Å². The SMILES string of the molecule is CCC(C)CN(C)CCCC(C)(NC)C(=O)OC. The number of hydrogen-bond acceptors (Lipinski definition) is 4. The van der Waals surface area contributed by atoms with E-state index in [4.69, 9.17) is 4.74 Å². The maximum atomic E-state index is 11.7. The second-order valence-electron chi connectivity index (χ2n) is 5.45. The highest BCUT2D eigenvalue weighted by atomic mass is 16.5. The molecule has 0 aromatic carbocycles. The molecule has 0 saturated carbocycles. The van der Waals surface area contributed by atoms with E-state index in [1.54, 1.807) is 7.05 Å². The number of likely N-dealkylation sites (N-methyl/N-ethyl adjacent to an activating group) is 1. The number of nitrogens with one attached hydrogen (secondary N) is 1. The summed E-state index contributed by atoms with van der Waals surface area (Å²) in [4.78, 5) is 14.0. The highest BCUT2D eigenvalue weighted by Gasteiger charge is 2.31. The van der Waals surface area contributed by atoms with Gasteiger partial charge < -0.3 is 15.0 Å². The molecule has 0 aliphatic heterocycles. The van der Waals surface area contributed by atoms with Gasteiger partial charge in [0, 0.05) is 6.54 Å². The monoisotopic (exact) mass is 258 g/mol. The molecule has 0 aliphatic rings. The number of carbonyl (C=O) groups excluding carboxylic acids is 1. The zero-order valence-electron chi connectivity index (χ0n) is 12.9. The summed E-state index contributed by atoms with van der Waals surface area (Å²) in [7, 11) is 5.38. The van der Waals surface area contributed by atoms with E-state index in [-0.39, 0.29) is 5.97 Å². The maximum absolute atomic E-state index is 11.7. The molecule has 0 radical (unpaired) electrons. The first-order valence-corrected chi connectivity index (χ1v) is 6.85. The predicted molar refractivity (Wildman–Crippen MR) is 75.7 cm³/mol. The molecule has 0 saturated heterocycles. The van der Waals surface area contributed by atoms with E-state index in [9.17, 15) is 4.79 Å². The minimum absolute atomic E-state index is 0.186. The number of carbonyl (C=O) groups is 1. The van der Waals surface area contributed by atoms with Crippen molar-refractivity contribution in [3.63, 3.8) is 0 Å². The average molecular weight is 258 g/mol. The van der Waals surface area contributed by atoms with Crippen molar-refractivity contribution in [3.8, 4) is 0 Å². The molecule has 0 heterocycles. The molecule has 2 atom stereocenters. The number of hydrogen-bond donors (Lipinski definition) is 1. The predicted octanol–water partition coefficient (Wildman–Crippen LogP) is 1.90. The van der Waals surface area contributed by atoms with Crippen LogP contribution in [0.4, 0.5) is 0 Å². The molecule has 0 aliphatic carbocycles. The van der Waals surface area contributed by atoms with Crippen molar-refractivity contribution in [2.75, 3.05) is 34.3 Å². The molecule has 1 N–H and O–H groups in total. The molecule has 0 aromatic rings. The Morgan fingerprint density at radius 3 is 2.56 bits per heavy atom. The molecule has 0 fully saturated rings. The van der Waals surface area contributed by atoms with E-state index in [2.05, 4.69) is 31.1 Å². The Kier molecular flexibility index (Phi) is 8.20. The maximum Gasteiger partial charge on any atom is 0.325 e. The van der Waals surface area contributed by atoms with Crippen molar-refractivity contribution in [1.82, 2.24) is 10.2 Å². The molecule has 108 valence electrons. The van der Waals surface area contributed by atoms with Crippen LogP contribution in [0.25, 0.3) is 0 Å². The summed E-state index contributed by atoms with van der Waals surface area (Å²) in [5.74, 6) is 0.542. The highest BCUT2D eigenvalue weighted by molar-refractivity contribution is 5.80. The van der Waals surface area contributed by atoms with Crippen LogP contribution >= 0.6 is 0 Å². The molecule has 0 bridgehead atoms. The minimum atomic E-state index is -0.564. The van der Waals surface area contributed by atoms with Gasteiger partial charge in [-0.3, -0.25) is 4.79 Å². The van der Waals surface area contributed by atoms with Gasteiger partial charge >= 0.3 is 5.97 Å². The first kappa shape index (κ1) is 17.4. The fraction of sp³-hybridized carbons (Fsp3) is 0.929. The molecular weight excluding hydrogens is 228 g/mol. The Hall–Kier alpha value is -0.610. The third-order valence-electron chi connectivity index (χ3n) is 3.72. The van der Waals surface area contributed by atoms with Crippen LogP contribution in [0.3, 0.4) is 0 Å². The number of ether oxygens (including phenoxy) is 1. The zero-order valence-corrected chi connectivity index (χ0v) is 12.9. The third kappa shape index (κ3) is 5.83. The molecule has 0 rings (SSSR count). The van der Waals surface area contributed by atoms with Crippen molar-refractivity contribution < 1.29 is 9.53 Å². The zero-order chi connectivity index (χ0) is 14.2. The normalized spacial score (nSPS) is 16.4. The van der Waals surface area contributed by atoms with Gasteiger partial charge in [0.05, 0.1) is 7.11 Å². The van der Waals surface area contributed by atoms with Crippen LogP contribution in [0.1, 0.15) is 40.0 Å². The Bertz CT molecular complexity index is 246. The molecule has 4 nitrogen and oxygen atoms in total. The van der Waals surface area contributed by atoms with E-state index in [0.717, 1.165) is 31.8 Å². The van der Waals surface area contributed by atoms with Crippen LogP contribution in [-0.4, -0.2) is 50.7 Å². The van der Waals surface area contributed by atoms with Crippen LogP contribution in [0.15, 0.2) is 0 Å². The van der Waals surface area contributed by atoms with Crippen molar-refractivity contribution in [3.05, 3.63) is 0 Å². The lowest BCUT2D eigenvalue weighted by Crippen LogP contribution is -2.48. The Morgan fingerprint density at radius 2 is 2.11 bits per heavy atom. The van der Waals surface area contributed by atoms with Gasteiger partial charge in [0.25, 0.3) is 0 Å². The number of esters is 1. The Balaban J connectivity index is 4.04. The van der Waals surface area contributed by atoms with E-state index >= 15 is 0 Å². The molecule has 2 unspecified atom stereocenters. The van der Waals surface area contributed by atoms with Gasteiger partial charge in [-0.1, -0.05) is 20.3 Å². The topological polar surface area (TPSA) is 41.6 Å². The van der Waals surface area contributed by atoms with Crippen LogP contribution in [0.2, 0.25) is 0 Å².